The highest BCUT2D eigenvalue weighted by atomic mass is 32.2. The molecular weight excluding hydrogens is 402 g/mol. The Morgan fingerprint density at radius 3 is 2.30 bits per heavy atom. The third-order valence-corrected chi connectivity index (χ3v) is 6.99. The molecule has 1 amide bonds. The van der Waals surface area contributed by atoms with Crippen LogP contribution in [0.4, 0.5) is 11.4 Å². The van der Waals surface area contributed by atoms with Crippen LogP contribution in [0.25, 0.3) is 0 Å². The number of methoxy groups -OCH3 is 1. The normalized spacial score (nSPS) is 16.9. The number of anilines is 2. The van der Waals surface area contributed by atoms with Gasteiger partial charge in [-0.15, -0.1) is 0 Å². The molecule has 2 heterocycles. The van der Waals surface area contributed by atoms with Crippen molar-refractivity contribution in [2.45, 2.75) is 12.8 Å². The van der Waals surface area contributed by atoms with Crippen LogP contribution in [0.2, 0.25) is 0 Å². The zero-order chi connectivity index (χ0) is 21.3. The number of hydrogen-bond donors (Lipinski definition) is 0. The van der Waals surface area contributed by atoms with Gasteiger partial charge in [-0.05, 0) is 60.9 Å². The molecule has 0 bridgehead atoms. The number of ether oxygens (including phenoxy) is 1. The highest BCUT2D eigenvalue weighted by Gasteiger charge is 2.27. The second-order valence-corrected chi connectivity index (χ2v) is 9.67. The van der Waals surface area contributed by atoms with Crippen LogP contribution in [0.1, 0.15) is 22.3 Å². The molecule has 2 aliphatic heterocycles. The molecule has 0 aromatic heterocycles. The largest absolute Gasteiger partial charge is 0.497 e. The molecule has 0 unspecified atom stereocenters. The lowest BCUT2D eigenvalue weighted by atomic mass is 10.00. The highest BCUT2D eigenvalue weighted by Crippen LogP contribution is 2.30. The van der Waals surface area contributed by atoms with E-state index in [0.29, 0.717) is 30.9 Å². The Hall–Kier alpha value is -2.74. The van der Waals surface area contributed by atoms with Crippen molar-refractivity contribution in [1.29, 1.82) is 0 Å². The van der Waals surface area contributed by atoms with Crippen molar-refractivity contribution >= 4 is 27.3 Å². The van der Waals surface area contributed by atoms with E-state index >= 15 is 0 Å². The molecular formula is C22H27N3O4S. The van der Waals surface area contributed by atoms with Gasteiger partial charge in [0.25, 0.3) is 5.91 Å². The number of hydrogen-bond acceptors (Lipinski definition) is 5. The van der Waals surface area contributed by atoms with Gasteiger partial charge >= 0.3 is 0 Å². The van der Waals surface area contributed by atoms with Gasteiger partial charge in [-0.3, -0.25) is 9.10 Å². The van der Waals surface area contributed by atoms with Crippen LogP contribution in [0.5, 0.6) is 5.75 Å². The fourth-order valence-corrected chi connectivity index (χ4v) is 5.18. The number of nitrogens with zero attached hydrogens (tertiary/aromatic N) is 3. The summed E-state index contributed by atoms with van der Waals surface area (Å²) in [5, 5.41) is 0. The van der Waals surface area contributed by atoms with E-state index < -0.39 is 10.0 Å². The average molecular weight is 430 g/mol. The highest BCUT2D eigenvalue weighted by molar-refractivity contribution is 7.92. The summed E-state index contributed by atoms with van der Waals surface area (Å²) in [4.78, 5) is 17.2. The molecule has 0 radical (unpaired) electrons. The maximum atomic E-state index is 13.0. The number of carbonyl (C=O) groups excluding carboxylic acids is 1. The summed E-state index contributed by atoms with van der Waals surface area (Å²) in [6.07, 6.45) is 2.77. The van der Waals surface area contributed by atoms with Crippen LogP contribution in [0.3, 0.4) is 0 Å². The fourth-order valence-electron chi connectivity index (χ4n) is 4.18. The first-order chi connectivity index (χ1) is 14.4. The van der Waals surface area contributed by atoms with Gasteiger partial charge in [0.05, 0.1) is 19.1 Å². The minimum atomic E-state index is -3.31. The fraction of sp³-hybridized carbons (Fsp3) is 0.409. The van der Waals surface area contributed by atoms with Gasteiger partial charge in [0.15, 0.2) is 0 Å². The predicted molar refractivity (Wildman–Crippen MR) is 118 cm³/mol. The number of aryl methyl sites for hydroxylation is 1. The smallest absolute Gasteiger partial charge is 0.253 e. The van der Waals surface area contributed by atoms with Crippen LogP contribution >= 0.6 is 0 Å². The van der Waals surface area contributed by atoms with Crippen molar-refractivity contribution in [2.75, 3.05) is 55.3 Å². The molecule has 2 aromatic carbocycles. The molecule has 0 aliphatic carbocycles. The lowest BCUT2D eigenvalue weighted by Crippen LogP contribution is -2.48. The van der Waals surface area contributed by atoms with E-state index in [9.17, 15) is 13.2 Å². The van der Waals surface area contributed by atoms with Crippen molar-refractivity contribution in [1.82, 2.24) is 4.90 Å². The van der Waals surface area contributed by atoms with Crippen LogP contribution < -0.4 is 13.9 Å². The zero-order valence-corrected chi connectivity index (χ0v) is 18.2. The molecule has 0 spiro atoms. The number of sulfonamides is 1. The van der Waals surface area contributed by atoms with Crippen LogP contribution in [0.15, 0.2) is 42.5 Å². The molecule has 0 atom stereocenters. The summed E-state index contributed by atoms with van der Waals surface area (Å²) < 4.78 is 30.7. The Morgan fingerprint density at radius 2 is 1.67 bits per heavy atom. The second kappa shape index (κ2) is 8.18. The first kappa shape index (κ1) is 20.5. The number of benzene rings is 2. The third-order valence-electron chi connectivity index (χ3n) is 5.81. The van der Waals surface area contributed by atoms with Gasteiger partial charge in [0.1, 0.15) is 5.75 Å². The molecule has 8 heteroatoms. The molecule has 7 nitrogen and oxygen atoms in total. The molecule has 0 N–H and O–H groups in total. The summed E-state index contributed by atoms with van der Waals surface area (Å²) in [6, 6.07) is 13.3. The molecule has 30 heavy (non-hydrogen) atoms. The van der Waals surface area contributed by atoms with Gasteiger partial charge in [0, 0.05) is 44.0 Å². The molecule has 2 aromatic rings. The van der Waals surface area contributed by atoms with E-state index in [0.717, 1.165) is 42.9 Å². The number of amides is 1. The summed E-state index contributed by atoms with van der Waals surface area (Å²) in [7, 11) is -1.65. The predicted octanol–water partition coefficient (Wildman–Crippen LogP) is 2.37. The third kappa shape index (κ3) is 4.09. The van der Waals surface area contributed by atoms with Crippen molar-refractivity contribution < 1.29 is 17.9 Å². The van der Waals surface area contributed by atoms with Crippen LogP contribution in [0, 0.1) is 0 Å². The lowest BCUT2D eigenvalue weighted by Gasteiger charge is -2.36. The zero-order valence-electron chi connectivity index (χ0n) is 17.4. The van der Waals surface area contributed by atoms with E-state index in [1.54, 1.807) is 19.2 Å². The Balaban J connectivity index is 1.44. The van der Waals surface area contributed by atoms with E-state index in [1.165, 1.54) is 10.6 Å². The Kier molecular flexibility index (Phi) is 5.60. The number of piperazine rings is 1. The molecule has 4 rings (SSSR count). The summed E-state index contributed by atoms with van der Waals surface area (Å²) in [6.45, 7) is 3.33. The maximum absolute atomic E-state index is 13.0. The monoisotopic (exact) mass is 429 g/mol. The summed E-state index contributed by atoms with van der Waals surface area (Å²) in [5.74, 6) is 0.832. The average Bonchev–Trinajstić information content (AvgIpc) is 2.77. The SMILES string of the molecule is COc1ccc(N2CCN(C(=O)c3ccc4c(c3)CCCN4S(C)(=O)=O)CC2)cc1. The Morgan fingerprint density at radius 1 is 0.967 bits per heavy atom. The molecule has 0 saturated carbocycles. The summed E-state index contributed by atoms with van der Waals surface area (Å²) in [5.41, 5.74) is 3.37. The molecule has 1 saturated heterocycles. The van der Waals surface area contributed by atoms with Crippen LogP contribution in [-0.2, 0) is 16.4 Å². The van der Waals surface area contributed by atoms with Gasteiger partial charge in [0.2, 0.25) is 10.0 Å². The molecule has 2 aliphatic rings. The molecule has 160 valence electrons. The molecule has 1 fully saturated rings. The Labute approximate surface area is 177 Å². The van der Waals surface area contributed by atoms with Gasteiger partial charge in [-0.2, -0.15) is 0 Å². The second-order valence-electron chi connectivity index (χ2n) is 7.76. The van der Waals surface area contributed by atoms with Crippen molar-refractivity contribution in [3.8, 4) is 5.75 Å². The van der Waals surface area contributed by atoms with Crippen molar-refractivity contribution in [3.63, 3.8) is 0 Å². The quantitative estimate of drug-likeness (QED) is 0.746. The van der Waals surface area contributed by atoms with Crippen molar-refractivity contribution in [3.05, 3.63) is 53.6 Å². The van der Waals surface area contributed by atoms with E-state index in [2.05, 4.69) is 4.90 Å². The standard InChI is InChI=1S/C22H27N3O4S/c1-29-20-8-6-19(7-9-20)23-12-14-24(15-13-23)22(26)18-5-10-21-17(16-18)4-3-11-25(21)30(2,27)28/h5-10,16H,3-4,11-15H2,1-2H3. The first-order valence-corrected chi connectivity index (χ1v) is 12.0. The van der Waals surface area contributed by atoms with Gasteiger partial charge in [-0.1, -0.05) is 0 Å². The van der Waals surface area contributed by atoms with E-state index in [1.807, 2.05) is 35.2 Å². The summed E-state index contributed by atoms with van der Waals surface area (Å²) >= 11 is 0. The minimum Gasteiger partial charge on any atom is -0.497 e. The first-order valence-electron chi connectivity index (χ1n) is 10.2. The van der Waals surface area contributed by atoms with Gasteiger partial charge in [-0.25, -0.2) is 8.42 Å². The van der Waals surface area contributed by atoms with Crippen molar-refractivity contribution in [2.24, 2.45) is 0 Å². The van der Waals surface area contributed by atoms with Crippen LogP contribution in [-0.4, -0.2) is 65.3 Å². The topological polar surface area (TPSA) is 70.2 Å². The minimum absolute atomic E-state index is 0.00339. The number of fused-ring (bicyclic) bond motifs is 1. The van der Waals surface area contributed by atoms with E-state index in [4.69, 9.17) is 4.74 Å². The number of carbonyl (C=O) groups is 1. The number of rotatable bonds is 4. The maximum Gasteiger partial charge on any atom is 0.253 e. The Bertz CT molecular complexity index is 1030. The van der Waals surface area contributed by atoms with E-state index in [-0.39, 0.29) is 5.91 Å². The lowest BCUT2D eigenvalue weighted by molar-refractivity contribution is 0.0746. The van der Waals surface area contributed by atoms with Gasteiger partial charge < -0.3 is 14.5 Å².